The van der Waals surface area contributed by atoms with E-state index in [9.17, 15) is 17.8 Å². The second-order valence-electron chi connectivity index (χ2n) is 10.1. The van der Waals surface area contributed by atoms with E-state index in [1.54, 1.807) is 12.1 Å². The first-order valence-electron chi connectivity index (χ1n) is 12.7. The Kier molecular flexibility index (Phi) is 7.10. The maximum atomic E-state index is 12.9. The summed E-state index contributed by atoms with van der Waals surface area (Å²) in [5, 5.41) is 0.795. The molecule has 0 N–H and O–H groups in total. The van der Waals surface area contributed by atoms with Crippen LogP contribution in [0, 0.1) is 11.8 Å². The van der Waals surface area contributed by atoms with Gasteiger partial charge < -0.3 is 13.7 Å². The van der Waals surface area contributed by atoms with Gasteiger partial charge in [0.1, 0.15) is 12.1 Å². The molecule has 1 aromatic heterocycles. The van der Waals surface area contributed by atoms with Gasteiger partial charge in [0.2, 0.25) is 5.69 Å². The largest absolute Gasteiger partial charge is 0.748 e. The first-order valence-corrected chi connectivity index (χ1v) is 14.2. The van der Waals surface area contributed by atoms with Gasteiger partial charge in [0, 0.05) is 47.3 Å². The van der Waals surface area contributed by atoms with Crippen LogP contribution >= 0.6 is 0 Å². The van der Waals surface area contributed by atoms with E-state index >= 15 is 0 Å². The predicted molar refractivity (Wildman–Crippen MR) is 146 cm³/mol. The van der Waals surface area contributed by atoms with E-state index in [0.29, 0.717) is 43.7 Å². The predicted octanol–water partition coefficient (Wildman–Crippen LogP) is 4.48. The molecule has 3 aromatic rings. The lowest BCUT2D eigenvalue weighted by Gasteiger charge is -2.15. The first-order chi connectivity index (χ1) is 18.1. The smallest absolute Gasteiger partial charge is 0.343 e. The normalized spacial score (nSPS) is 16.6. The molecule has 196 valence electrons. The van der Waals surface area contributed by atoms with E-state index in [2.05, 4.69) is 36.3 Å². The second kappa shape index (κ2) is 10.3. The third-order valence-corrected chi connectivity index (χ3v) is 7.87. The van der Waals surface area contributed by atoms with Crippen molar-refractivity contribution in [2.45, 2.75) is 45.1 Å². The Morgan fingerprint density at radius 2 is 1.95 bits per heavy atom. The van der Waals surface area contributed by atoms with Crippen LogP contribution in [0.5, 0.6) is 0 Å². The standard InChI is InChI=1S/C30H29NO6S/c1-30(2)25-10-3-4-11-26(25)31(14-6-8-16-38(33,34)35)28(30)13-12-22-17-23-18-24-20-36-15-7-5-9-21(24)19-27(23)37-29(22)32/h3-4,10-13,17-19H,6-8,14-16,20H2,1-2H3/b13-12+. The Hall–Kier alpha value is -3.51. The zero-order valence-electron chi connectivity index (χ0n) is 21.5. The molecule has 5 rings (SSSR count). The van der Waals surface area contributed by atoms with E-state index in [1.165, 1.54) is 0 Å². The molecule has 3 heterocycles. The molecular weight excluding hydrogens is 502 g/mol. The van der Waals surface area contributed by atoms with Gasteiger partial charge in [-0.1, -0.05) is 30.0 Å². The molecule has 38 heavy (non-hydrogen) atoms. The number of fused-ring (bicyclic) bond motifs is 3. The Bertz CT molecular complexity index is 1700. The highest BCUT2D eigenvalue weighted by Crippen LogP contribution is 2.40. The number of unbranched alkanes of at least 4 members (excludes halogenated alkanes) is 1. The summed E-state index contributed by atoms with van der Waals surface area (Å²) >= 11 is 0. The zero-order chi connectivity index (χ0) is 26.9. The number of benzene rings is 2. The van der Waals surface area contributed by atoms with Crippen LogP contribution in [0.15, 0.2) is 57.8 Å². The van der Waals surface area contributed by atoms with Crippen LogP contribution in [0.4, 0.5) is 5.69 Å². The van der Waals surface area contributed by atoms with Gasteiger partial charge in [-0.25, -0.2) is 13.2 Å². The lowest BCUT2D eigenvalue weighted by atomic mass is 9.81. The molecule has 7 nitrogen and oxygen atoms in total. The van der Waals surface area contributed by atoms with Crippen molar-refractivity contribution in [2.24, 2.45) is 0 Å². The van der Waals surface area contributed by atoms with E-state index in [0.717, 1.165) is 33.5 Å². The van der Waals surface area contributed by atoms with Gasteiger partial charge in [-0.2, -0.15) is 4.58 Å². The number of para-hydroxylation sites is 1. The van der Waals surface area contributed by atoms with Gasteiger partial charge >= 0.3 is 5.63 Å². The fourth-order valence-corrected chi connectivity index (χ4v) is 5.70. The Labute approximate surface area is 222 Å². The average Bonchev–Trinajstić information content (AvgIpc) is 3.06. The molecule has 0 aliphatic carbocycles. The summed E-state index contributed by atoms with van der Waals surface area (Å²) in [5.41, 5.74) is 5.04. The molecule has 0 fully saturated rings. The molecule has 8 heteroatoms. The number of rotatable bonds is 7. The van der Waals surface area contributed by atoms with Crippen molar-refractivity contribution in [3.8, 4) is 11.8 Å². The van der Waals surface area contributed by atoms with Gasteiger partial charge in [0.15, 0.2) is 5.71 Å². The highest BCUT2D eigenvalue weighted by Gasteiger charge is 2.43. The van der Waals surface area contributed by atoms with Crippen molar-refractivity contribution < 1.29 is 26.7 Å². The molecular formula is C30H29NO6S. The lowest BCUT2D eigenvalue weighted by molar-refractivity contribution is -0.438. The second-order valence-corrected chi connectivity index (χ2v) is 11.6. The van der Waals surface area contributed by atoms with Crippen molar-refractivity contribution in [1.29, 1.82) is 0 Å². The molecule has 0 bridgehead atoms. The van der Waals surface area contributed by atoms with Crippen molar-refractivity contribution in [2.75, 3.05) is 18.9 Å². The van der Waals surface area contributed by atoms with Gasteiger partial charge in [-0.3, -0.25) is 0 Å². The van der Waals surface area contributed by atoms with E-state index < -0.39 is 15.7 Å². The molecule has 0 radical (unpaired) electrons. The van der Waals surface area contributed by atoms with Crippen molar-refractivity contribution in [3.63, 3.8) is 0 Å². The number of ether oxygens (including phenoxy) is 1. The molecule has 0 spiro atoms. The molecule has 2 aromatic carbocycles. The van der Waals surface area contributed by atoms with Gasteiger partial charge in [-0.15, -0.1) is 0 Å². The minimum atomic E-state index is -4.25. The summed E-state index contributed by atoms with van der Waals surface area (Å²) in [6.45, 7) is 5.83. The first kappa shape index (κ1) is 26.1. The average molecular weight is 532 g/mol. The van der Waals surface area contributed by atoms with E-state index in [-0.39, 0.29) is 17.6 Å². The highest BCUT2D eigenvalue weighted by atomic mass is 32.2. The molecule has 0 saturated carbocycles. The zero-order valence-corrected chi connectivity index (χ0v) is 22.3. The topological polar surface area (TPSA) is 99.7 Å². The highest BCUT2D eigenvalue weighted by molar-refractivity contribution is 7.85. The number of nitrogens with zero attached hydrogens (tertiary/aromatic N) is 1. The quantitative estimate of drug-likeness (QED) is 0.147. The van der Waals surface area contributed by atoms with Crippen LogP contribution in [-0.2, 0) is 26.9 Å². The lowest BCUT2D eigenvalue weighted by Crippen LogP contribution is -2.28. The summed E-state index contributed by atoms with van der Waals surface area (Å²) in [6.07, 6.45) is 5.20. The van der Waals surface area contributed by atoms with Crippen LogP contribution in [0.1, 0.15) is 55.4 Å². The summed E-state index contributed by atoms with van der Waals surface area (Å²) < 4.78 is 46.6. The molecule has 0 saturated heterocycles. The van der Waals surface area contributed by atoms with Crippen molar-refractivity contribution >= 4 is 38.6 Å². The maximum Gasteiger partial charge on any atom is 0.343 e. The van der Waals surface area contributed by atoms with Crippen molar-refractivity contribution in [1.82, 2.24) is 0 Å². The molecule has 0 atom stereocenters. The third-order valence-electron chi connectivity index (χ3n) is 7.08. The summed E-state index contributed by atoms with van der Waals surface area (Å²) in [4.78, 5) is 12.9. The number of hydrogen-bond donors (Lipinski definition) is 0. The monoisotopic (exact) mass is 531 g/mol. The summed E-state index contributed by atoms with van der Waals surface area (Å²) in [7, 11) is -4.25. The summed E-state index contributed by atoms with van der Waals surface area (Å²) in [6, 6.07) is 13.7. The fourth-order valence-electron chi connectivity index (χ4n) is 5.14. The van der Waals surface area contributed by atoms with Gasteiger partial charge in [0.05, 0.1) is 34.3 Å². The van der Waals surface area contributed by atoms with E-state index in [4.69, 9.17) is 9.15 Å². The number of allylic oxidation sites excluding steroid dienone is 1. The fraction of sp³-hybridized carbons (Fsp3) is 0.333. The summed E-state index contributed by atoms with van der Waals surface area (Å²) in [5.74, 6) is 5.83. The van der Waals surface area contributed by atoms with Crippen LogP contribution < -0.4 is 5.63 Å². The minimum Gasteiger partial charge on any atom is -0.748 e. The molecule has 2 aliphatic rings. The van der Waals surface area contributed by atoms with Crippen molar-refractivity contribution in [3.05, 3.63) is 81.2 Å². The van der Waals surface area contributed by atoms with Gasteiger partial charge in [-0.05, 0) is 50.1 Å². The maximum absolute atomic E-state index is 12.9. The molecule has 0 unspecified atom stereocenters. The Morgan fingerprint density at radius 3 is 2.76 bits per heavy atom. The molecule has 0 amide bonds. The van der Waals surface area contributed by atoms with Crippen LogP contribution in [0.25, 0.3) is 17.0 Å². The minimum absolute atomic E-state index is 0.286. The molecule has 2 aliphatic heterocycles. The number of hydrogen-bond acceptors (Lipinski definition) is 6. The third kappa shape index (κ3) is 5.37. The Morgan fingerprint density at radius 1 is 1.13 bits per heavy atom. The van der Waals surface area contributed by atoms with Crippen LogP contribution in [0.2, 0.25) is 0 Å². The van der Waals surface area contributed by atoms with Gasteiger partial charge in [0.25, 0.3) is 0 Å². The van der Waals surface area contributed by atoms with E-state index in [1.807, 2.05) is 36.4 Å². The Balaban J connectivity index is 1.51. The van der Waals surface area contributed by atoms with Crippen LogP contribution in [-0.4, -0.2) is 42.2 Å². The SMILES string of the molecule is CC1(C)C(/C=C/c2cc3cc4c(cc3oc2=O)C#CCCOC4)=[N+](CCCCS(=O)(=O)[O-])c2ccccc21. The van der Waals surface area contributed by atoms with Crippen LogP contribution in [0.3, 0.4) is 0 Å².